The van der Waals surface area contributed by atoms with Crippen LogP contribution in [0.3, 0.4) is 0 Å². The van der Waals surface area contributed by atoms with Crippen molar-refractivity contribution in [2.24, 2.45) is 7.05 Å². The number of alkyl halides is 1. The van der Waals surface area contributed by atoms with Crippen molar-refractivity contribution in [1.29, 1.82) is 0 Å². The first-order valence-electron chi connectivity index (χ1n) is 8.51. The number of ether oxygens (including phenoxy) is 1. The first-order valence-corrected chi connectivity index (χ1v) is 9.91. The highest BCUT2D eigenvalue weighted by Gasteiger charge is 2.36. The van der Waals surface area contributed by atoms with Gasteiger partial charge in [0.1, 0.15) is 6.17 Å². The summed E-state index contributed by atoms with van der Waals surface area (Å²) in [6, 6.07) is -0.143. The van der Waals surface area contributed by atoms with E-state index in [-0.39, 0.29) is 12.6 Å². The summed E-state index contributed by atoms with van der Waals surface area (Å²) in [5.74, 6) is 0. The second kappa shape index (κ2) is 7.67. The number of aryl methyl sites for hydroxylation is 1. The molecule has 2 atom stereocenters. The van der Waals surface area contributed by atoms with Crippen LogP contribution in [0.1, 0.15) is 12.0 Å². The predicted molar refractivity (Wildman–Crippen MR) is 90.9 cm³/mol. The van der Waals surface area contributed by atoms with E-state index in [9.17, 15) is 12.8 Å². The smallest absolute Gasteiger partial charge is 0.281 e. The largest absolute Gasteiger partial charge is 0.379 e. The maximum atomic E-state index is 14.0. The van der Waals surface area contributed by atoms with E-state index in [1.165, 1.54) is 8.61 Å². The summed E-state index contributed by atoms with van der Waals surface area (Å²) in [6.07, 6.45) is 3.08. The molecule has 0 unspecified atom stereocenters. The Labute approximate surface area is 148 Å². The zero-order valence-corrected chi connectivity index (χ0v) is 15.5. The molecule has 2 fully saturated rings. The molecule has 1 aromatic heterocycles. The number of likely N-dealkylation sites (tertiary alicyclic amines) is 1. The van der Waals surface area contributed by atoms with Crippen LogP contribution in [0, 0.1) is 0 Å². The van der Waals surface area contributed by atoms with Gasteiger partial charge in [-0.05, 0) is 6.42 Å². The molecule has 142 valence electrons. The third kappa shape index (κ3) is 4.37. The van der Waals surface area contributed by atoms with Crippen LogP contribution in [-0.2, 0) is 28.5 Å². The maximum Gasteiger partial charge on any atom is 0.281 e. The van der Waals surface area contributed by atoms with E-state index in [2.05, 4.69) is 5.10 Å². The van der Waals surface area contributed by atoms with Crippen molar-refractivity contribution in [2.45, 2.75) is 25.2 Å². The van der Waals surface area contributed by atoms with E-state index in [1.54, 1.807) is 17.9 Å². The van der Waals surface area contributed by atoms with E-state index in [1.807, 2.05) is 18.1 Å². The average molecular weight is 375 g/mol. The fourth-order valence-electron chi connectivity index (χ4n) is 3.46. The molecule has 8 nitrogen and oxygen atoms in total. The van der Waals surface area contributed by atoms with E-state index in [4.69, 9.17) is 4.74 Å². The predicted octanol–water partition coefficient (Wildman–Crippen LogP) is -0.159. The highest BCUT2D eigenvalue weighted by atomic mass is 32.2. The highest BCUT2D eigenvalue weighted by Crippen LogP contribution is 2.24. The molecule has 25 heavy (non-hydrogen) atoms. The molecule has 0 amide bonds. The molecule has 3 rings (SSSR count). The number of hydrogen-bond acceptors (Lipinski definition) is 5. The molecule has 1 aromatic rings. The standard InChI is InChI=1S/C15H26FN5O3S/c1-18-9-13(8-17-18)10-20-11-14(16)7-15(20)12-19(2)25(22,23)21-3-5-24-6-4-21/h8-9,14-15H,3-7,10-12H2,1-2H3/t14-,15-/m0/s1. The fraction of sp³-hybridized carbons (Fsp3) is 0.800. The van der Waals surface area contributed by atoms with Crippen molar-refractivity contribution in [2.75, 3.05) is 46.4 Å². The van der Waals surface area contributed by atoms with Crippen LogP contribution in [0.25, 0.3) is 0 Å². The Balaban J connectivity index is 1.64. The molecular formula is C15H26FN5O3S. The molecule has 0 aliphatic carbocycles. The van der Waals surface area contributed by atoms with Crippen LogP contribution in [0.15, 0.2) is 12.4 Å². The van der Waals surface area contributed by atoms with Crippen molar-refractivity contribution >= 4 is 10.2 Å². The summed E-state index contributed by atoms with van der Waals surface area (Å²) in [4.78, 5) is 2.01. The Morgan fingerprint density at radius 1 is 1.40 bits per heavy atom. The molecule has 2 aliphatic heterocycles. The molecule has 0 saturated carbocycles. The number of likely N-dealkylation sites (N-methyl/N-ethyl adjacent to an activating group) is 1. The lowest BCUT2D eigenvalue weighted by atomic mass is 10.2. The van der Waals surface area contributed by atoms with Crippen LogP contribution in [-0.4, -0.2) is 90.4 Å². The average Bonchev–Trinajstić information content (AvgIpc) is 3.14. The fourth-order valence-corrected chi connectivity index (χ4v) is 4.82. The van der Waals surface area contributed by atoms with Gasteiger partial charge in [-0.3, -0.25) is 9.58 Å². The number of nitrogens with zero attached hydrogens (tertiary/aromatic N) is 5. The lowest BCUT2D eigenvalue weighted by molar-refractivity contribution is 0.0701. The second-order valence-electron chi connectivity index (χ2n) is 6.74. The molecule has 0 radical (unpaired) electrons. The van der Waals surface area contributed by atoms with Crippen LogP contribution < -0.4 is 0 Å². The minimum Gasteiger partial charge on any atom is -0.379 e. The normalized spacial score (nSPS) is 26.6. The van der Waals surface area contributed by atoms with Gasteiger partial charge in [-0.1, -0.05) is 0 Å². The second-order valence-corrected chi connectivity index (χ2v) is 8.77. The maximum absolute atomic E-state index is 14.0. The molecule has 0 N–H and O–H groups in total. The van der Waals surface area contributed by atoms with Crippen LogP contribution >= 0.6 is 0 Å². The van der Waals surface area contributed by atoms with Gasteiger partial charge in [0, 0.05) is 64.6 Å². The monoisotopic (exact) mass is 375 g/mol. The van der Waals surface area contributed by atoms with Gasteiger partial charge in [-0.15, -0.1) is 0 Å². The van der Waals surface area contributed by atoms with Gasteiger partial charge in [0.15, 0.2) is 0 Å². The third-order valence-electron chi connectivity index (χ3n) is 4.78. The van der Waals surface area contributed by atoms with Gasteiger partial charge in [-0.25, -0.2) is 4.39 Å². The zero-order valence-electron chi connectivity index (χ0n) is 14.7. The molecular weight excluding hydrogens is 349 g/mol. The first-order chi connectivity index (χ1) is 11.9. The first kappa shape index (κ1) is 18.7. The molecule has 3 heterocycles. The molecule has 0 bridgehead atoms. The Hall–Kier alpha value is -1.07. The van der Waals surface area contributed by atoms with Gasteiger partial charge in [-0.2, -0.15) is 22.1 Å². The Morgan fingerprint density at radius 3 is 2.76 bits per heavy atom. The highest BCUT2D eigenvalue weighted by molar-refractivity contribution is 7.86. The van der Waals surface area contributed by atoms with E-state index < -0.39 is 16.4 Å². The van der Waals surface area contributed by atoms with Crippen molar-refractivity contribution in [1.82, 2.24) is 23.3 Å². The van der Waals surface area contributed by atoms with Crippen LogP contribution in [0.5, 0.6) is 0 Å². The molecule has 2 saturated heterocycles. The third-order valence-corrected chi connectivity index (χ3v) is 6.73. The van der Waals surface area contributed by atoms with E-state index in [0.717, 1.165) is 5.56 Å². The SMILES string of the molecule is CN(C[C@@H]1C[C@H](F)CN1Cc1cnn(C)c1)S(=O)(=O)N1CCOCC1. The lowest BCUT2D eigenvalue weighted by Crippen LogP contribution is -2.50. The molecule has 2 aliphatic rings. The number of hydrogen-bond donors (Lipinski definition) is 0. The van der Waals surface area contributed by atoms with Crippen molar-refractivity contribution in [3.63, 3.8) is 0 Å². The van der Waals surface area contributed by atoms with Crippen molar-refractivity contribution in [3.8, 4) is 0 Å². The Bertz CT molecular complexity index is 676. The number of aromatic nitrogens is 2. The molecule has 0 spiro atoms. The van der Waals surface area contributed by atoms with Crippen LogP contribution in [0.4, 0.5) is 4.39 Å². The molecule has 0 aromatic carbocycles. The summed E-state index contributed by atoms with van der Waals surface area (Å²) in [7, 11) is -0.131. The minimum absolute atomic E-state index is 0.143. The minimum atomic E-state index is -3.54. The van der Waals surface area contributed by atoms with Gasteiger partial charge >= 0.3 is 0 Å². The van der Waals surface area contributed by atoms with Gasteiger partial charge in [0.25, 0.3) is 10.2 Å². The van der Waals surface area contributed by atoms with Gasteiger partial charge in [0.05, 0.1) is 19.4 Å². The topological polar surface area (TPSA) is 70.9 Å². The Kier molecular flexibility index (Phi) is 5.74. The summed E-state index contributed by atoms with van der Waals surface area (Å²) in [5, 5.41) is 4.14. The van der Waals surface area contributed by atoms with Crippen LogP contribution in [0.2, 0.25) is 0 Å². The van der Waals surface area contributed by atoms with Crippen molar-refractivity contribution in [3.05, 3.63) is 18.0 Å². The summed E-state index contributed by atoms with van der Waals surface area (Å²) in [6.45, 7) is 2.73. The summed E-state index contributed by atoms with van der Waals surface area (Å²) >= 11 is 0. The number of rotatable bonds is 6. The number of morpholine rings is 1. The molecule has 10 heteroatoms. The van der Waals surface area contributed by atoms with Gasteiger partial charge < -0.3 is 4.74 Å². The van der Waals surface area contributed by atoms with E-state index in [0.29, 0.717) is 45.8 Å². The summed E-state index contributed by atoms with van der Waals surface area (Å²) < 4.78 is 49.1. The van der Waals surface area contributed by atoms with E-state index >= 15 is 0 Å². The summed E-state index contributed by atoms with van der Waals surface area (Å²) in [5.41, 5.74) is 1.00. The quantitative estimate of drug-likeness (QED) is 0.691. The number of halogens is 1. The Morgan fingerprint density at radius 2 is 2.12 bits per heavy atom. The van der Waals surface area contributed by atoms with Gasteiger partial charge in [0.2, 0.25) is 0 Å². The van der Waals surface area contributed by atoms with Crippen molar-refractivity contribution < 1.29 is 17.5 Å². The zero-order chi connectivity index (χ0) is 18.0. The lowest BCUT2D eigenvalue weighted by Gasteiger charge is -2.33.